The zero-order valence-corrected chi connectivity index (χ0v) is 16.6. The summed E-state index contributed by atoms with van der Waals surface area (Å²) in [6.45, 7) is 5.94. The van der Waals surface area contributed by atoms with Crippen LogP contribution in [0.15, 0.2) is 60.7 Å². The van der Waals surface area contributed by atoms with Crippen LogP contribution in [0.25, 0.3) is 0 Å². The van der Waals surface area contributed by atoms with E-state index in [-0.39, 0.29) is 0 Å². The zero-order valence-electron chi connectivity index (χ0n) is 16.6. The second-order valence-corrected chi connectivity index (χ2v) is 7.50. The van der Waals surface area contributed by atoms with Gasteiger partial charge in [-0.25, -0.2) is 0 Å². The Labute approximate surface area is 167 Å². The van der Waals surface area contributed by atoms with Gasteiger partial charge in [-0.2, -0.15) is 5.10 Å². The highest BCUT2D eigenvalue weighted by Crippen LogP contribution is 2.27. The van der Waals surface area contributed by atoms with E-state index in [9.17, 15) is 0 Å². The monoisotopic (exact) mass is 375 g/mol. The number of benzene rings is 2. The maximum absolute atomic E-state index is 5.89. The maximum Gasteiger partial charge on any atom is 0.119 e. The third-order valence-electron chi connectivity index (χ3n) is 5.48. The highest BCUT2D eigenvalue weighted by molar-refractivity contribution is 5.31. The lowest BCUT2D eigenvalue weighted by Gasteiger charge is -2.23. The summed E-state index contributed by atoms with van der Waals surface area (Å²) in [4.78, 5) is 0. The number of nitrogens with zero attached hydrogens (tertiary/aromatic N) is 2. The van der Waals surface area contributed by atoms with E-state index in [2.05, 4.69) is 59.4 Å². The lowest BCUT2D eigenvalue weighted by Crippen LogP contribution is -2.27. The molecule has 1 aliphatic rings. The van der Waals surface area contributed by atoms with Crippen molar-refractivity contribution in [1.29, 1.82) is 0 Å². The Hall–Kier alpha value is -2.59. The van der Waals surface area contributed by atoms with Crippen molar-refractivity contribution < 1.29 is 4.74 Å². The fourth-order valence-corrected chi connectivity index (χ4v) is 3.93. The first-order valence-electron chi connectivity index (χ1n) is 10.3. The van der Waals surface area contributed by atoms with E-state index in [0.717, 1.165) is 37.5 Å². The van der Waals surface area contributed by atoms with Gasteiger partial charge in [0, 0.05) is 24.6 Å². The van der Waals surface area contributed by atoms with Gasteiger partial charge >= 0.3 is 0 Å². The molecule has 4 rings (SSSR count). The Balaban J connectivity index is 1.39. The Morgan fingerprint density at radius 2 is 1.75 bits per heavy atom. The molecule has 0 radical (unpaired) electrons. The summed E-state index contributed by atoms with van der Waals surface area (Å²) in [7, 11) is 0. The molecule has 0 atom stereocenters. The molecule has 1 aliphatic heterocycles. The molecular weight excluding hydrogens is 346 g/mol. The smallest absolute Gasteiger partial charge is 0.119 e. The molecule has 0 spiro atoms. The van der Waals surface area contributed by atoms with Crippen LogP contribution in [0.1, 0.15) is 48.2 Å². The van der Waals surface area contributed by atoms with Crippen molar-refractivity contribution in [2.75, 3.05) is 13.1 Å². The molecule has 0 amide bonds. The first kappa shape index (κ1) is 18.8. The number of ether oxygens (including phenoxy) is 1. The summed E-state index contributed by atoms with van der Waals surface area (Å²) >= 11 is 0. The molecule has 1 aromatic heterocycles. The lowest BCUT2D eigenvalue weighted by molar-refractivity contribution is 0.306. The third-order valence-corrected chi connectivity index (χ3v) is 5.48. The van der Waals surface area contributed by atoms with Crippen molar-refractivity contribution in [3.8, 4) is 5.75 Å². The van der Waals surface area contributed by atoms with Gasteiger partial charge in [0.2, 0.25) is 0 Å². The molecule has 28 heavy (non-hydrogen) atoms. The molecule has 1 saturated heterocycles. The molecule has 2 heterocycles. The fourth-order valence-electron chi connectivity index (χ4n) is 3.93. The van der Waals surface area contributed by atoms with Crippen molar-refractivity contribution in [2.24, 2.45) is 0 Å². The Kier molecular flexibility index (Phi) is 6.07. The van der Waals surface area contributed by atoms with Gasteiger partial charge in [0.25, 0.3) is 0 Å². The molecule has 1 fully saturated rings. The average Bonchev–Trinajstić information content (AvgIpc) is 3.17. The summed E-state index contributed by atoms with van der Waals surface area (Å²) in [5.41, 5.74) is 5.02. The number of nitrogens with one attached hydrogen (secondary N) is 1. The number of hydrogen-bond donors (Lipinski definition) is 1. The Morgan fingerprint density at radius 1 is 1.00 bits per heavy atom. The predicted molar refractivity (Wildman–Crippen MR) is 113 cm³/mol. The van der Waals surface area contributed by atoms with Crippen LogP contribution in [0.5, 0.6) is 5.75 Å². The summed E-state index contributed by atoms with van der Waals surface area (Å²) < 4.78 is 8.09. The number of rotatable bonds is 7. The van der Waals surface area contributed by atoms with Crippen molar-refractivity contribution in [3.63, 3.8) is 0 Å². The van der Waals surface area contributed by atoms with Crippen molar-refractivity contribution >= 4 is 0 Å². The largest absolute Gasteiger partial charge is 0.489 e. The van der Waals surface area contributed by atoms with Gasteiger partial charge in [0.15, 0.2) is 0 Å². The minimum atomic E-state index is 0.598. The predicted octanol–water partition coefficient (Wildman–Crippen LogP) is 4.54. The van der Waals surface area contributed by atoms with Crippen molar-refractivity contribution in [3.05, 3.63) is 83.2 Å². The summed E-state index contributed by atoms with van der Waals surface area (Å²) in [5.74, 6) is 1.54. The van der Waals surface area contributed by atoms with Gasteiger partial charge in [-0.3, -0.25) is 4.68 Å². The second kappa shape index (κ2) is 9.07. The molecule has 0 unspecified atom stereocenters. The van der Waals surface area contributed by atoms with Crippen molar-refractivity contribution in [2.45, 2.75) is 45.3 Å². The van der Waals surface area contributed by atoms with E-state index in [1.807, 2.05) is 18.2 Å². The summed E-state index contributed by atoms with van der Waals surface area (Å²) in [6.07, 6.45) is 3.28. The minimum Gasteiger partial charge on any atom is -0.489 e. The van der Waals surface area contributed by atoms with Gasteiger partial charge < -0.3 is 10.1 Å². The average molecular weight is 376 g/mol. The maximum atomic E-state index is 5.89. The normalized spacial score (nSPS) is 14.9. The third kappa shape index (κ3) is 4.63. The molecular formula is C24H29N3O. The molecule has 0 bridgehead atoms. The molecule has 1 N–H and O–H groups in total. The topological polar surface area (TPSA) is 39.1 Å². The van der Waals surface area contributed by atoms with Crippen LogP contribution in [0.2, 0.25) is 0 Å². The van der Waals surface area contributed by atoms with Gasteiger partial charge in [0.1, 0.15) is 12.4 Å². The molecule has 146 valence electrons. The number of aromatic nitrogens is 2. The van der Waals surface area contributed by atoms with Crippen LogP contribution in [0.4, 0.5) is 0 Å². The van der Waals surface area contributed by atoms with Crippen LogP contribution < -0.4 is 10.1 Å². The number of aryl methyl sites for hydroxylation is 1. The fraction of sp³-hybridized carbons (Fsp3) is 0.375. The standard InChI is InChI=1S/C24H29N3O/c1-2-27-24(21-12-14-25-15-13-21)17-22(26-27)16-19-8-10-23(11-9-19)28-18-20-6-4-3-5-7-20/h3-11,17,21,25H,2,12-16,18H2,1H3. The zero-order chi connectivity index (χ0) is 19.2. The highest BCUT2D eigenvalue weighted by Gasteiger charge is 2.20. The summed E-state index contributed by atoms with van der Waals surface area (Å²) in [6, 6.07) is 21.0. The van der Waals surface area contributed by atoms with Gasteiger partial charge in [0.05, 0.1) is 5.69 Å². The minimum absolute atomic E-state index is 0.598. The van der Waals surface area contributed by atoms with Gasteiger partial charge in [-0.1, -0.05) is 42.5 Å². The lowest BCUT2D eigenvalue weighted by atomic mass is 9.94. The SMILES string of the molecule is CCn1nc(Cc2ccc(OCc3ccccc3)cc2)cc1C1CCNCC1. The van der Waals surface area contributed by atoms with E-state index < -0.39 is 0 Å². The van der Waals surface area contributed by atoms with E-state index in [1.54, 1.807) is 0 Å². The van der Waals surface area contributed by atoms with Gasteiger partial charge in [-0.15, -0.1) is 0 Å². The van der Waals surface area contributed by atoms with Crippen LogP contribution >= 0.6 is 0 Å². The highest BCUT2D eigenvalue weighted by atomic mass is 16.5. The van der Waals surface area contributed by atoms with E-state index in [4.69, 9.17) is 9.84 Å². The van der Waals surface area contributed by atoms with E-state index >= 15 is 0 Å². The quantitative estimate of drug-likeness (QED) is 0.659. The molecule has 0 aliphatic carbocycles. The number of hydrogen-bond acceptors (Lipinski definition) is 3. The van der Waals surface area contributed by atoms with Crippen LogP contribution in [0, 0.1) is 0 Å². The molecule has 3 aromatic rings. The summed E-state index contributed by atoms with van der Waals surface area (Å²) in [5, 5.41) is 8.32. The molecule has 4 heteroatoms. The van der Waals surface area contributed by atoms with Crippen molar-refractivity contribution in [1.82, 2.24) is 15.1 Å². The van der Waals surface area contributed by atoms with E-state index in [1.165, 1.54) is 29.7 Å². The number of piperidine rings is 1. The van der Waals surface area contributed by atoms with Gasteiger partial charge in [-0.05, 0) is 62.2 Å². The molecule has 0 saturated carbocycles. The van der Waals surface area contributed by atoms with Crippen LogP contribution in [0.3, 0.4) is 0 Å². The molecule has 4 nitrogen and oxygen atoms in total. The second-order valence-electron chi connectivity index (χ2n) is 7.50. The Morgan fingerprint density at radius 3 is 2.46 bits per heavy atom. The van der Waals surface area contributed by atoms with Crippen LogP contribution in [-0.2, 0) is 19.6 Å². The first-order chi connectivity index (χ1) is 13.8. The van der Waals surface area contributed by atoms with Crippen LogP contribution in [-0.4, -0.2) is 22.9 Å². The van der Waals surface area contributed by atoms with E-state index in [0.29, 0.717) is 12.5 Å². The first-order valence-corrected chi connectivity index (χ1v) is 10.3. The molecule has 2 aromatic carbocycles. The Bertz CT molecular complexity index is 865.